The largest absolute Gasteiger partial charge is 0.385 e. The van der Waals surface area contributed by atoms with Crippen molar-refractivity contribution in [3.8, 4) is 0 Å². The van der Waals surface area contributed by atoms with Crippen molar-refractivity contribution in [3.05, 3.63) is 22.9 Å². The van der Waals surface area contributed by atoms with Gasteiger partial charge in [0.1, 0.15) is 0 Å². The van der Waals surface area contributed by atoms with Crippen molar-refractivity contribution in [2.75, 3.05) is 25.6 Å². The highest BCUT2D eigenvalue weighted by Crippen LogP contribution is 2.19. The molecule has 0 radical (unpaired) electrons. The molecule has 0 fully saturated rings. The maximum Gasteiger partial charge on any atom is 0.0590 e. The number of halogens is 1. The van der Waals surface area contributed by atoms with Gasteiger partial charge >= 0.3 is 0 Å². The molecule has 1 aromatic heterocycles. The average Bonchev–Trinajstić information content (AvgIpc) is 2.20. The van der Waals surface area contributed by atoms with Gasteiger partial charge in [-0.05, 0) is 34.8 Å². The minimum absolute atomic E-state index is 0.833. The molecule has 1 N–H and O–H groups in total. The van der Waals surface area contributed by atoms with Crippen molar-refractivity contribution in [2.45, 2.75) is 12.8 Å². The number of methoxy groups -OCH3 is 1. The van der Waals surface area contributed by atoms with Gasteiger partial charge in [0, 0.05) is 32.7 Å². The molecule has 14 heavy (non-hydrogen) atoms. The Morgan fingerprint density at radius 3 is 3.07 bits per heavy atom. The number of hydrogen-bond donors (Lipinski definition) is 1. The molecule has 0 aliphatic heterocycles. The number of nitrogens with one attached hydrogen (secondary N) is 1. The standard InChI is InChI=1S/C10H15BrN2O/c1-14-7-3-2-5-13-10-4-6-12-8-9(10)11/h4,6,8H,2-3,5,7H2,1H3,(H,12,13). The van der Waals surface area contributed by atoms with Gasteiger partial charge in [-0.3, -0.25) is 4.98 Å². The molecule has 1 aromatic rings. The van der Waals surface area contributed by atoms with Crippen LogP contribution in [0.5, 0.6) is 0 Å². The van der Waals surface area contributed by atoms with Crippen molar-refractivity contribution < 1.29 is 4.74 Å². The predicted octanol–water partition coefficient (Wildman–Crippen LogP) is 2.68. The Labute approximate surface area is 93.0 Å². The number of rotatable bonds is 6. The van der Waals surface area contributed by atoms with Gasteiger partial charge in [-0.1, -0.05) is 0 Å². The maximum atomic E-state index is 4.97. The first-order chi connectivity index (χ1) is 6.84. The molecule has 0 saturated heterocycles. The van der Waals surface area contributed by atoms with Gasteiger partial charge in [0.25, 0.3) is 0 Å². The molecule has 0 aromatic carbocycles. The van der Waals surface area contributed by atoms with Crippen LogP contribution in [0, 0.1) is 0 Å². The zero-order chi connectivity index (χ0) is 10.2. The van der Waals surface area contributed by atoms with Gasteiger partial charge in [0.15, 0.2) is 0 Å². The quantitative estimate of drug-likeness (QED) is 0.797. The summed E-state index contributed by atoms with van der Waals surface area (Å²) in [6.07, 6.45) is 5.77. The van der Waals surface area contributed by atoms with E-state index in [1.807, 2.05) is 6.07 Å². The van der Waals surface area contributed by atoms with Gasteiger partial charge in [-0.15, -0.1) is 0 Å². The lowest BCUT2D eigenvalue weighted by atomic mass is 10.3. The van der Waals surface area contributed by atoms with Crippen LogP contribution in [0.15, 0.2) is 22.9 Å². The third-order valence-electron chi connectivity index (χ3n) is 1.86. The summed E-state index contributed by atoms with van der Waals surface area (Å²) >= 11 is 3.43. The second-order valence-electron chi connectivity index (χ2n) is 2.98. The normalized spacial score (nSPS) is 10.1. The van der Waals surface area contributed by atoms with Crippen molar-refractivity contribution in [1.29, 1.82) is 0 Å². The monoisotopic (exact) mass is 258 g/mol. The molecule has 0 atom stereocenters. The van der Waals surface area contributed by atoms with Crippen LogP contribution in [0.25, 0.3) is 0 Å². The summed E-state index contributed by atoms with van der Waals surface area (Å²) in [4.78, 5) is 4.00. The zero-order valence-electron chi connectivity index (χ0n) is 8.29. The molecule has 1 heterocycles. The topological polar surface area (TPSA) is 34.1 Å². The van der Waals surface area contributed by atoms with Crippen LogP contribution in [0.2, 0.25) is 0 Å². The second-order valence-corrected chi connectivity index (χ2v) is 3.84. The van der Waals surface area contributed by atoms with E-state index in [0.717, 1.165) is 36.2 Å². The molecule has 0 unspecified atom stereocenters. The fourth-order valence-corrected chi connectivity index (χ4v) is 1.50. The predicted molar refractivity (Wildman–Crippen MR) is 61.5 cm³/mol. The van der Waals surface area contributed by atoms with E-state index in [1.54, 1.807) is 19.5 Å². The highest BCUT2D eigenvalue weighted by atomic mass is 79.9. The van der Waals surface area contributed by atoms with Crippen LogP contribution in [-0.2, 0) is 4.74 Å². The van der Waals surface area contributed by atoms with Crippen LogP contribution < -0.4 is 5.32 Å². The maximum absolute atomic E-state index is 4.97. The molecule has 0 amide bonds. The van der Waals surface area contributed by atoms with E-state index in [-0.39, 0.29) is 0 Å². The first kappa shape index (κ1) is 11.5. The molecule has 0 aliphatic carbocycles. The summed E-state index contributed by atoms with van der Waals surface area (Å²) in [6.45, 7) is 1.80. The first-order valence-corrected chi connectivity index (χ1v) is 5.46. The number of ether oxygens (including phenoxy) is 1. The Balaban J connectivity index is 2.21. The molecule has 4 heteroatoms. The summed E-state index contributed by atoms with van der Waals surface area (Å²) in [6, 6.07) is 1.96. The van der Waals surface area contributed by atoms with Gasteiger partial charge in [-0.2, -0.15) is 0 Å². The fraction of sp³-hybridized carbons (Fsp3) is 0.500. The third kappa shape index (κ3) is 4.07. The van der Waals surface area contributed by atoms with Crippen LogP contribution in [0.4, 0.5) is 5.69 Å². The second kappa shape index (κ2) is 6.79. The van der Waals surface area contributed by atoms with Gasteiger partial charge < -0.3 is 10.1 Å². The number of hydrogen-bond acceptors (Lipinski definition) is 3. The molecular weight excluding hydrogens is 244 g/mol. The molecule has 3 nitrogen and oxygen atoms in total. The number of aromatic nitrogens is 1. The van der Waals surface area contributed by atoms with Crippen LogP contribution in [0.3, 0.4) is 0 Å². The minimum Gasteiger partial charge on any atom is -0.385 e. The first-order valence-electron chi connectivity index (χ1n) is 4.67. The lowest BCUT2D eigenvalue weighted by molar-refractivity contribution is 0.194. The van der Waals surface area contributed by atoms with Crippen molar-refractivity contribution >= 4 is 21.6 Å². The highest BCUT2D eigenvalue weighted by Gasteiger charge is 1.96. The minimum atomic E-state index is 0.833. The van der Waals surface area contributed by atoms with Crippen LogP contribution in [0.1, 0.15) is 12.8 Å². The number of unbranched alkanes of at least 4 members (excludes halogenated alkanes) is 1. The summed E-state index contributed by atoms with van der Waals surface area (Å²) in [5.41, 5.74) is 1.09. The molecular formula is C10H15BrN2O. The average molecular weight is 259 g/mol. The highest BCUT2D eigenvalue weighted by molar-refractivity contribution is 9.10. The Kier molecular flexibility index (Phi) is 5.56. The Morgan fingerprint density at radius 1 is 1.50 bits per heavy atom. The fourth-order valence-electron chi connectivity index (χ4n) is 1.11. The van der Waals surface area contributed by atoms with Crippen LogP contribution in [-0.4, -0.2) is 25.2 Å². The Bertz CT molecular complexity index is 268. The van der Waals surface area contributed by atoms with E-state index in [9.17, 15) is 0 Å². The van der Waals surface area contributed by atoms with E-state index in [1.165, 1.54) is 0 Å². The lowest BCUT2D eigenvalue weighted by Crippen LogP contribution is -2.03. The number of anilines is 1. The van der Waals surface area contributed by atoms with Crippen molar-refractivity contribution in [3.63, 3.8) is 0 Å². The summed E-state index contributed by atoms with van der Waals surface area (Å²) in [5.74, 6) is 0. The smallest absolute Gasteiger partial charge is 0.0590 e. The Morgan fingerprint density at radius 2 is 2.36 bits per heavy atom. The van der Waals surface area contributed by atoms with Gasteiger partial charge in [0.05, 0.1) is 10.2 Å². The van der Waals surface area contributed by atoms with Gasteiger partial charge in [0.2, 0.25) is 0 Å². The van der Waals surface area contributed by atoms with E-state index in [2.05, 4.69) is 26.2 Å². The zero-order valence-corrected chi connectivity index (χ0v) is 9.88. The molecule has 0 spiro atoms. The number of pyridine rings is 1. The van der Waals surface area contributed by atoms with Crippen molar-refractivity contribution in [1.82, 2.24) is 4.98 Å². The lowest BCUT2D eigenvalue weighted by Gasteiger charge is -2.07. The van der Waals surface area contributed by atoms with Gasteiger partial charge in [-0.25, -0.2) is 0 Å². The number of nitrogens with zero attached hydrogens (tertiary/aromatic N) is 1. The van der Waals surface area contributed by atoms with E-state index in [0.29, 0.717) is 0 Å². The molecule has 78 valence electrons. The van der Waals surface area contributed by atoms with E-state index < -0.39 is 0 Å². The molecule has 1 rings (SSSR count). The van der Waals surface area contributed by atoms with Crippen LogP contribution >= 0.6 is 15.9 Å². The summed E-state index contributed by atoms with van der Waals surface area (Å²) < 4.78 is 5.98. The SMILES string of the molecule is COCCCCNc1ccncc1Br. The van der Waals surface area contributed by atoms with E-state index >= 15 is 0 Å². The molecule has 0 saturated carbocycles. The summed E-state index contributed by atoms with van der Waals surface area (Å²) in [5, 5.41) is 3.33. The summed E-state index contributed by atoms with van der Waals surface area (Å²) in [7, 11) is 1.73. The Hall–Kier alpha value is -0.610. The molecule has 0 bridgehead atoms. The third-order valence-corrected chi connectivity index (χ3v) is 2.50. The van der Waals surface area contributed by atoms with E-state index in [4.69, 9.17) is 4.74 Å². The molecule has 0 aliphatic rings. The van der Waals surface area contributed by atoms with Crippen molar-refractivity contribution in [2.24, 2.45) is 0 Å².